The van der Waals surface area contributed by atoms with Crippen LogP contribution >= 0.6 is 0 Å². The lowest BCUT2D eigenvalue weighted by Gasteiger charge is -2.25. The van der Waals surface area contributed by atoms with Gasteiger partial charge in [-0.05, 0) is 31.0 Å². The molecule has 120 valence electrons. The first kappa shape index (κ1) is 15.1. The average molecular weight is 314 g/mol. The van der Waals surface area contributed by atoms with Gasteiger partial charge in [0, 0.05) is 43.3 Å². The lowest BCUT2D eigenvalue weighted by molar-refractivity contribution is -0.384. The molecule has 1 atom stereocenters. The van der Waals surface area contributed by atoms with Crippen molar-refractivity contribution in [2.24, 2.45) is 7.05 Å². The zero-order valence-corrected chi connectivity index (χ0v) is 12.8. The number of urea groups is 1. The Balaban J connectivity index is 1.76. The lowest BCUT2D eigenvalue weighted by atomic mass is 10.1. The molecular formula is C16H18N4O3. The first-order valence-electron chi connectivity index (χ1n) is 7.49. The lowest BCUT2D eigenvalue weighted by Crippen LogP contribution is -2.35. The molecule has 2 heterocycles. The summed E-state index contributed by atoms with van der Waals surface area (Å²) in [6, 6.07) is 9.77. The van der Waals surface area contributed by atoms with Crippen molar-refractivity contribution in [2.75, 3.05) is 11.9 Å². The van der Waals surface area contributed by atoms with Gasteiger partial charge < -0.3 is 14.8 Å². The largest absolute Gasteiger partial charge is 0.353 e. The van der Waals surface area contributed by atoms with Crippen molar-refractivity contribution in [3.05, 3.63) is 58.4 Å². The van der Waals surface area contributed by atoms with Gasteiger partial charge in [0.1, 0.15) is 0 Å². The van der Waals surface area contributed by atoms with Gasteiger partial charge in [0.15, 0.2) is 0 Å². The number of nitrogens with one attached hydrogen (secondary N) is 1. The Hall–Kier alpha value is -2.83. The van der Waals surface area contributed by atoms with Crippen LogP contribution in [0.3, 0.4) is 0 Å². The quantitative estimate of drug-likeness (QED) is 0.697. The number of carbonyl (C=O) groups is 1. The number of benzene rings is 1. The number of hydrogen-bond donors (Lipinski definition) is 1. The van der Waals surface area contributed by atoms with E-state index in [4.69, 9.17) is 0 Å². The fraction of sp³-hybridized carbons (Fsp3) is 0.312. The molecule has 7 nitrogen and oxygen atoms in total. The van der Waals surface area contributed by atoms with Crippen molar-refractivity contribution in [2.45, 2.75) is 18.9 Å². The monoisotopic (exact) mass is 314 g/mol. The molecule has 1 aliphatic rings. The molecule has 3 rings (SSSR count). The Morgan fingerprint density at radius 2 is 2.17 bits per heavy atom. The number of carbonyl (C=O) groups excluding carboxylic acids is 1. The Bertz CT molecular complexity index is 740. The molecule has 23 heavy (non-hydrogen) atoms. The van der Waals surface area contributed by atoms with Crippen LogP contribution in [0.25, 0.3) is 0 Å². The van der Waals surface area contributed by atoms with Crippen molar-refractivity contribution in [3.63, 3.8) is 0 Å². The maximum Gasteiger partial charge on any atom is 0.322 e. The first-order chi connectivity index (χ1) is 11.1. The van der Waals surface area contributed by atoms with Crippen LogP contribution in [0.2, 0.25) is 0 Å². The summed E-state index contributed by atoms with van der Waals surface area (Å²) in [5.41, 5.74) is 1.49. The van der Waals surface area contributed by atoms with Crippen LogP contribution in [0.1, 0.15) is 24.6 Å². The van der Waals surface area contributed by atoms with E-state index < -0.39 is 4.92 Å². The molecule has 1 fully saturated rings. The molecular weight excluding hydrogens is 296 g/mol. The number of non-ortho nitro benzene ring substituents is 1. The Kier molecular flexibility index (Phi) is 4.01. The number of amides is 2. The van der Waals surface area contributed by atoms with Gasteiger partial charge >= 0.3 is 6.03 Å². The average Bonchev–Trinajstić information content (AvgIpc) is 3.15. The highest BCUT2D eigenvalue weighted by molar-refractivity contribution is 5.90. The third-order valence-electron chi connectivity index (χ3n) is 4.15. The van der Waals surface area contributed by atoms with Crippen LogP contribution in [0, 0.1) is 10.1 Å². The van der Waals surface area contributed by atoms with E-state index in [9.17, 15) is 14.9 Å². The smallest absolute Gasteiger partial charge is 0.322 e. The number of likely N-dealkylation sites (tertiary alicyclic amines) is 1. The minimum atomic E-state index is -0.474. The number of aromatic nitrogens is 1. The van der Waals surface area contributed by atoms with E-state index in [-0.39, 0.29) is 17.8 Å². The summed E-state index contributed by atoms with van der Waals surface area (Å²) in [6.07, 6.45) is 3.82. The standard InChI is InChI=1S/C16H18N4O3/c1-18-9-3-7-14(18)15-8-4-10-19(15)16(21)17-12-5-2-6-13(11-12)20(22)23/h2-3,5-7,9,11,15H,4,8,10H2,1H3,(H,17,21). The molecule has 1 aromatic heterocycles. The summed E-state index contributed by atoms with van der Waals surface area (Å²) < 4.78 is 2.02. The molecule has 1 aliphatic heterocycles. The number of hydrogen-bond acceptors (Lipinski definition) is 3. The van der Waals surface area contributed by atoms with Gasteiger partial charge in [-0.25, -0.2) is 4.79 Å². The summed E-state index contributed by atoms with van der Waals surface area (Å²) in [6.45, 7) is 0.677. The van der Waals surface area contributed by atoms with E-state index in [1.807, 2.05) is 29.9 Å². The number of nitrogens with zero attached hydrogens (tertiary/aromatic N) is 3. The van der Waals surface area contributed by atoms with E-state index >= 15 is 0 Å². The van der Waals surface area contributed by atoms with E-state index in [1.165, 1.54) is 12.1 Å². The van der Waals surface area contributed by atoms with Gasteiger partial charge in [0.2, 0.25) is 0 Å². The molecule has 1 unspecified atom stereocenters. The number of rotatable bonds is 3. The van der Waals surface area contributed by atoms with Crippen molar-refractivity contribution < 1.29 is 9.72 Å². The van der Waals surface area contributed by atoms with Gasteiger partial charge in [-0.1, -0.05) is 6.07 Å². The predicted octanol–water partition coefficient (Wildman–Crippen LogP) is 3.30. The third-order valence-corrected chi connectivity index (χ3v) is 4.15. The number of anilines is 1. The molecule has 7 heteroatoms. The maximum atomic E-state index is 12.5. The molecule has 2 aromatic rings. The predicted molar refractivity (Wildman–Crippen MR) is 86.2 cm³/mol. The van der Waals surface area contributed by atoms with Crippen molar-refractivity contribution >= 4 is 17.4 Å². The molecule has 1 saturated heterocycles. The second-order valence-corrected chi connectivity index (χ2v) is 5.63. The van der Waals surface area contributed by atoms with Crippen molar-refractivity contribution in [1.29, 1.82) is 0 Å². The number of nitro benzene ring substituents is 1. The van der Waals surface area contributed by atoms with Gasteiger partial charge in [0.05, 0.1) is 11.0 Å². The SMILES string of the molecule is Cn1cccc1C1CCCN1C(=O)Nc1cccc([N+](=O)[O-])c1. The van der Waals surface area contributed by atoms with E-state index in [1.54, 1.807) is 17.0 Å². The summed E-state index contributed by atoms with van der Waals surface area (Å²) >= 11 is 0. The number of nitro groups is 1. The second kappa shape index (κ2) is 6.12. The van der Waals surface area contributed by atoms with E-state index in [0.29, 0.717) is 12.2 Å². The van der Waals surface area contributed by atoms with Crippen LogP contribution in [0.15, 0.2) is 42.6 Å². The van der Waals surface area contributed by atoms with Gasteiger partial charge in [-0.3, -0.25) is 10.1 Å². The van der Waals surface area contributed by atoms with Crippen LogP contribution < -0.4 is 5.32 Å². The molecule has 2 amide bonds. The van der Waals surface area contributed by atoms with Crippen LogP contribution in [0.5, 0.6) is 0 Å². The highest BCUT2D eigenvalue weighted by atomic mass is 16.6. The zero-order chi connectivity index (χ0) is 16.4. The molecule has 1 aromatic carbocycles. The van der Waals surface area contributed by atoms with Crippen molar-refractivity contribution in [3.8, 4) is 0 Å². The zero-order valence-electron chi connectivity index (χ0n) is 12.8. The van der Waals surface area contributed by atoms with E-state index in [2.05, 4.69) is 5.32 Å². The van der Waals surface area contributed by atoms with Gasteiger partial charge in [-0.2, -0.15) is 0 Å². The summed E-state index contributed by atoms with van der Waals surface area (Å²) in [5, 5.41) is 13.6. The van der Waals surface area contributed by atoms with Gasteiger partial charge in [-0.15, -0.1) is 0 Å². The van der Waals surface area contributed by atoms with Crippen LogP contribution in [-0.2, 0) is 7.05 Å². The Labute approximate surface area is 133 Å². The van der Waals surface area contributed by atoms with Crippen LogP contribution in [0.4, 0.5) is 16.2 Å². The topological polar surface area (TPSA) is 80.4 Å². The Morgan fingerprint density at radius 3 is 2.87 bits per heavy atom. The maximum absolute atomic E-state index is 12.5. The minimum absolute atomic E-state index is 0.0358. The normalized spacial score (nSPS) is 17.3. The summed E-state index contributed by atoms with van der Waals surface area (Å²) in [7, 11) is 1.96. The molecule has 0 spiro atoms. The van der Waals surface area contributed by atoms with Crippen LogP contribution in [-0.4, -0.2) is 27.0 Å². The summed E-state index contributed by atoms with van der Waals surface area (Å²) in [5.74, 6) is 0. The van der Waals surface area contributed by atoms with Gasteiger partial charge in [0.25, 0.3) is 5.69 Å². The Morgan fingerprint density at radius 1 is 1.35 bits per heavy atom. The summed E-state index contributed by atoms with van der Waals surface area (Å²) in [4.78, 5) is 24.7. The van der Waals surface area contributed by atoms with E-state index in [0.717, 1.165) is 18.5 Å². The molecule has 0 radical (unpaired) electrons. The fourth-order valence-corrected chi connectivity index (χ4v) is 3.03. The molecule has 0 saturated carbocycles. The minimum Gasteiger partial charge on any atom is -0.353 e. The molecule has 0 bridgehead atoms. The highest BCUT2D eigenvalue weighted by Crippen LogP contribution is 2.32. The van der Waals surface area contributed by atoms with Crippen molar-refractivity contribution in [1.82, 2.24) is 9.47 Å². The molecule has 1 N–H and O–H groups in total. The number of aryl methyl sites for hydroxylation is 1. The first-order valence-corrected chi connectivity index (χ1v) is 7.49. The second-order valence-electron chi connectivity index (χ2n) is 5.63. The third kappa shape index (κ3) is 3.03. The fourth-order valence-electron chi connectivity index (χ4n) is 3.03. The molecule has 0 aliphatic carbocycles. The highest BCUT2D eigenvalue weighted by Gasteiger charge is 2.31.